The highest BCUT2D eigenvalue weighted by Crippen LogP contribution is 2.29. The molecule has 0 aliphatic carbocycles. The number of aryl methyl sites for hydroxylation is 1. The van der Waals surface area contributed by atoms with Crippen LogP contribution in [0.4, 0.5) is 17.6 Å². The summed E-state index contributed by atoms with van der Waals surface area (Å²) in [5, 5.41) is 0. The molecule has 0 aliphatic heterocycles. The summed E-state index contributed by atoms with van der Waals surface area (Å²) in [6, 6.07) is 2.02. The highest BCUT2D eigenvalue weighted by Gasteiger charge is 2.28. The van der Waals surface area contributed by atoms with E-state index in [0.717, 1.165) is 0 Å². The molecule has 0 spiro atoms. The van der Waals surface area contributed by atoms with E-state index < -0.39 is 24.5 Å². The van der Waals surface area contributed by atoms with Crippen molar-refractivity contribution < 1.29 is 17.6 Å². The van der Waals surface area contributed by atoms with Gasteiger partial charge in [-0.3, -0.25) is 0 Å². The van der Waals surface area contributed by atoms with Gasteiger partial charge < -0.3 is 5.73 Å². The van der Waals surface area contributed by atoms with Gasteiger partial charge in [0, 0.05) is 22.5 Å². The van der Waals surface area contributed by atoms with Gasteiger partial charge >= 0.3 is 6.18 Å². The van der Waals surface area contributed by atoms with Crippen molar-refractivity contribution in [2.24, 2.45) is 5.73 Å². The lowest BCUT2D eigenvalue weighted by Gasteiger charge is -2.15. The van der Waals surface area contributed by atoms with E-state index in [9.17, 15) is 17.6 Å². The predicted molar refractivity (Wildman–Crippen MR) is 61.1 cm³/mol. The monoisotopic (exact) mass is 313 g/mol. The molecular formula is C11H12BrF4N. The molecule has 0 saturated heterocycles. The third-order valence-corrected chi connectivity index (χ3v) is 2.84. The third kappa shape index (κ3) is 4.27. The number of hydrogen-bond acceptors (Lipinski definition) is 1. The van der Waals surface area contributed by atoms with Gasteiger partial charge in [0.1, 0.15) is 5.82 Å². The summed E-state index contributed by atoms with van der Waals surface area (Å²) in [5.74, 6) is -0.539. The number of nitrogens with two attached hydrogens (primary N) is 1. The second-order valence-corrected chi connectivity index (χ2v) is 4.80. The van der Waals surface area contributed by atoms with E-state index in [-0.39, 0.29) is 12.0 Å². The maximum absolute atomic E-state index is 13.7. The molecule has 0 bridgehead atoms. The minimum Gasteiger partial charge on any atom is -0.324 e. The minimum absolute atomic E-state index is 0.112. The molecule has 0 saturated carbocycles. The van der Waals surface area contributed by atoms with Crippen LogP contribution in [-0.2, 0) is 0 Å². The average Bonchev–Trinajstić information content (AvgIpc) is 2.19. The molecule has 1 aromatic carbocycles. The molecule has 2 N–H and O–H groups in total. The summed E-state index contributed by atoms with van der Waals surface area (Å²) in [4.78, 5) is 0. The molecule has 1 aromatic rings. The van der Waals surface area contributed by atoms with Crippen molar-refractivity contribution in [3.8, 4) is 0 Å². The number of benzene rings is 1. The fourth-order valence-electron chi connectivity index (χ4n) is 1.50. The normalized spacial score (nSPS) is 13.8. The number of alkyl halides is 3. The van der Waals surface area contributed by atoms with E-state index in [1.807, 2.05) is 0 Å². The van der Waals surface area contributed by atoms with Crippen LogP contribution in [0.1, 0.15) is 30.0 Å². The van der Waals surface area contributed by atoms with Crippen molar-refractivity contribution in [1.29, 1.82) is 0 Å². The van der Waals surface area contributed by atoms with Crippen LogP contribution in [0.15, 0.2) is 16.6 Å². The molecule has 96 valence electrons. The minimum atomic E-state index is -4.27. The van der Waals surface area contributed by atoms with E-state index >= 15 is 0 Å². The Bertz CT molecular complexity index is 403. The van der Waals surface area contributed by atoms with Gasteiger partial charge in [-0.1, -0.05) is 15.9 Å². The molecule has 6 heteroatoms. The SMILES string of the molecule is Cc1cc(Br)cc([C@H](N)CCC(F)(F)F)c1F. The van der Waals surface area contributed by atoms with Crippen molar-refractivity contribution in [1.82, 2.24) is 0 Å². The quantitative estimate of drug-likeness (QED) is 0.830. The van der Waals surface area contributed by atoms with E-state index in [4.69, 9.17) is 5.73 Å². The molecule has 1 nitrogen and oxygen atoms in total. The first kappa shape index (κ1) is 14.4. The first-order valence-electron chi connectivity index (χ1n) is 4.98. The van der Waals surface area contributed by atoms with Gasteiger partial charge in [-0.2, -0.15) is 13.2 Å². The van der Waals surface area contributed by atoms with Crippen molar-refractivity contribution >= 4 is 15.9 Å². The average molecular weight is 314 g/mol. The Kier molecular flexibility index (Phi) is 4.55. The standard InChI is InChI=1S/C11H12BrF4N/c1-6-4-7(12)5-8(10(6)13)9(17)2-3-11(14,15)16/h4-5,9H,2-3,17H2,1H3/t9-/m1/s1. The number of halogens is 5. The summed E-state index contributed by atoms with van der Waals surface area (Å²) >= 11 is 3.16. The fraction of sp³-hybridized carbons (Fsp3) is 0.455. The van der Waals surface area contributed by atoms with E-state index in [1.54, 1.807) is 13.0 Å². The third-order valence-electron chi connectivity index (χ3n) is 2.39. The van der Waals surface area contributed by atoms with Crippen LogP contribution >= 0.6 is 15.9 Å². The zero-order chi connectivity index (χ0) is 13.2. The van der Waals surface area contributed by atoms with Crippen LogP contribution < -0.4 is 5.73 Å². The molecule has 0 amide bonds. The van der Waals surface area contributed by atoms with Gasteiger partial charge in [0.15, 0.2) is 0 Å². The number of hydrogen-bond donors (Lipinski definition) is 1. The van der Waals surface area contributed by atoms with Crippen molar-refractivity contribution in [3.05, 3.63) is 33.5 Å². The van der Waals surface area contributed by atoms with Crippen molar-refractivity contribution in [2.45, 2.75) is 32.0 Å². The second-order valence-electron chi connectivity index (χ2n) is 3.89. The molecule has 0 radical (unpaired) electrons. The molecule has 17 heavy (non-hydrogen) atoms. The molecule has 0 heterocycles. The van der Waals surface area contributed by atoms with Gasteiger partial charge in [-0.25, -0.2) is 4.39 Å². The summed E-state index contributed by atoms with van der Waals surface area (Å²) in [7, 11) is 0. The van der Waals surface area contributed by atoms with Gasteiger partial charge in [0.05, 0.1) is 0 Å². The molecule has 1 rings (SSSR count). The zero-order valence-corrected chi connectivity index (χ0v) is 10.7. The Morgan fingerprint density at radius 3 is 2.47 bits per heavy atom. The fourth-order valence-corrected chi connectivity index (χ4v) is 2.09. The molecular weight excluding hydrogens is 302 g/mol. The van der Waals surface area contributed by atoms with Crippen LogP contribution in [0.2, 0.25) is 0 Å². The van der Waals surface area contributed by atoms with Crippen molar-refractivity contribution in [2.75, 3.05) is 0 Å². The highest BCUT2D eigenvalue weighted by atomic mass is 79.9. The Morgan fingerprint density at radius 1 is 1.35 bits per heavy atom. The summed E-state index contributed by atoms with van der Waals surface area (Å²) in [6.07, 6.45) is -5.61. The lowest BCUT2D eigenvalue weighted by atomic mass is 10.00. The Morgan fingerprint density at radius 2 is 1.94 bits per heavy atom. The Balaban J connectivity index is 2.85. The molecule has 0 aromatic heterocycles. The first-order chi connectivity index (χ1) is 7.70. The van der Waals surface area contributed by atoms with Crippen LogP contribution in [0.3, 0.4) is 0 Å². The van der Waals surface area contributed by atoms with Gasteiger partial charge in [0.25, 0.3) is 0 Å². The lowest BCUT2D eigenvalue weighted by Crippen LogP contribution is -2.17. The van der Waals surface area contributed by atoms with Gasteiger partial charge in [0.2, 0.25) is 0 Å². The largest absolute Gasteiger partial charge is 0.389 e. The van der Waals surface area contributed by atoms with E-state index in [0.29, 0.717) is 10.0 Å². The summed E-state index contributed by atoms with van der Waals surface area (Å²) < 4.78 is 50.4. The number of rotatable bonds is 3. The second kappa shape index (κ2) is 5.35. The maximum Gasteiger partial charge on any atom is 0.389 e. The van der Waals surface area contributed by atoms with Crippen LogP contribution in [0, 0.1) is 12.7 Å². The predicted octanol–water partition coefficient (Wildman–Crippen LogP) is 4.24. The van der Waals surface area contributed by atoms with E-state index in [2.05, 4.69) is 15.9 Å². The highest BCUT2D eigenvalue weighted by molar-refractivity contribution is 9.10. The molecule has 0 fully saturated rings. The first-order valence-corrected chi connectivity index (χ1v) is 5.78. The van der Waals surface area contributed by atoms with E-state index in [1.165, 1.54) is 6.07 Å². The van der Waals surface area contributed by atoms with Gasteiger partial charge in [-0.05, 0) is 31.0 Å². The lowest BCUT2D eigenvalue weighted by molar-refractivity contribution is -0.136. The Labute approximate surface area is 105 Å². The summed E-state index contributed by atoms with van der Waals surface area (Å²) in [5.41, 5.74) is 6.05. The zero-order valence-electron chi connectivity index (χ0n) is 9.11. The molecule has 0 unspecified atom stereocenters. The van der Waals surface area contributed by atoms with Crippen LogP contribution in [-0.4, -0.2) is 6.18 Å². The smallest absolute Gasteiger partial charge is 0.324 e. The topological polar surface area (TPSA) is 26.0 Å². The molecule has 1 atom stereocenters. The van der Waals surface area contributed by atoms with Crippen LogP contribution in [0.25, 0.3) is 0 Å². The summed E-state index contributed by atoms with van der Waals surface area (Å²) in [6.45, 7) is 1.54. The van der Waals surface area contributed by atoms with Crippen molar-refractivity contribution in [3.63, 3.8) is 0 Å². The Hall–Kier alpha value is -0.620. The maximum atomic E-state index is 13.7. The van der Waals surface area contributed by atoms with Crippen LogP contribution in [0.5, 0.6) is 0 Å². The van der Waals surface area contributed by atoms with Gasteiger partial charge in [-0.15, -0.1) is 0 Å². The molecule has 0 aliphatic rings.